The van der Waals surface area contributed by atoms with Crippen LogP contribution in [0.15, 0.2) is 60.1 Å². The van der Waals surface area contributed by atoms with E-state index in [0.717, 1.165) is 12.2 Å². The van der Waals surface area contributed by atoms with Crippen LogP contribution < -0.4 is 20.4 Å². The Bertz CT molecular complexity index is 745. The van der Waals surface area contributed by atoms with Gasteiger partial charge in [0.15, 0.2) is 11.6 Å². The van der Waals surface area contributed by atoms with Crippen molar-refractivity contribution in [2.45, 2.75) is 27.7 Å². The number of carboxylic acids is 1. The number of aliphatic carboxylic acids is 1. The number of carboxylic acid groups (broad SMARTS) is 1. The Balaban J connectivity index is -0.000000182. The zero-order valence-corrected chi connectivity index (χ0v) is 20.1. The second-order valence-corrected chi connectivity index (χ2v) is 5.26. The van der Waals surface area contributed by atoms with E-state index in [0.29, 0.717) is 6.08 Å². The van der Waals surface area contributed by atoms with Gasteiger partial charge in [0.05, 0.1) is 0 Å². The van der Waals surface area contributed by atoms with Gasteiger partial charge in [-0.05, 0) is 37.6 Å². The van der Waals surface area contributed by atoms with Crippen LogP contribution in [0.2, 0.25) is 0 Å². The van der Waals surface area contributed by atoms with Crippen LogP contribution in [0.5, 0.6) is 0 Å². The van der Waals surface area contributed by atoms with Crippen LogP contribution in [0, 0.1) is 0 Å². The number of carbonyl (C=O) groups excluding carboxylic acids is 4. The van der Waals surface area contributed by atoms with Crippen LogP contribution in [0.25, 0.3) is 5.76 Å². The average molecular weight is 437 g/mol. The fourth-order valence-corrected chi connectivity index (χ4v) is 1.44. The first-order valence-corrected chi connectivity index (χ1v) is 7.78. The minimum atomic E-state index is -1.88. The van der Waals surface area contributed by atoms with E-state index in [-0.39, 0.29) is 74.8 Å². The number of rotatable bonds is 5. The van der Waals surface area contributed by atoms with Gasteiger partial charge in [-0.1, -0.05) is 49.9 Å². The third kappa shape index (κ3) is 23.9. The van der Waals surface area contributed by atoms with Gasteiger partial charge < -0.3 is 25.2 Å². The maximum atomic E-state index is 11.2. The number of ketones is 3. The molecule has 0 bridgehead atoms. The first-order chi connectivity index (χ1) is 12.9. The van der Waals surface area contributed by atoms with Crippen molar-refractivity contribution in [1.29, 1.82) is 0 Å². The molecule has 0 aliphatic rings. The Morgan fingerprint density at radius 2 is 1.03 bits per heavy atom. The molecule has 0 radical (unpaired) electrons. The number of benzene rings is 1. The topological polar surface area (TPSA) is 161 Å². The maximum absolute atomic E-state index is 11.2. The van der Waals surface area contributed by atoms with Gasteiger partial charge in [0.2, 0.25) is 5.78 Å². The molecule has 0 amide bonds. The predicted molar refractivity (Wildman–Crippen MR) is 105 cm³/mol. The molecule has 0 atom stereocenters. The Labute approximate surface area is 207 Å². The van der Waals surface area contributed by atoms with Gasteiger partial charge in [-0.25, -0.2) is 0 Å². The van der Waals surface area contributed by atoms with Crippen LogP contribution in [-0.2, 0) is 19.2 Å². The van der Waals surface area contributed by atoms with Crippen molar-refractivity contribution in [3.63, 3.8) is 0 Å². The molecular weight excluding hydrogens is 417 g/mol. The van der Waals surface area contributed by atoms with Gasteiger partial charge >= 0.3 is 46.1 Å². The van der Waals surface area contributed by atoms with Crippen LogP contribution in [-0.4, -0.2) is 69.4 Å². The maximum Gasteiger partial charge on any atom is 2.00 e. The van der Waals surface area contributed by atoms with E-state index in [1.807, 2.05) is 0 Å². The van der Waals surface area contributed by atoms with Crippen molar-refractivity contribution < 1.29 is 39.6 Å². The molecule has 1 rings (SSSR count). The number of allylic oxidation sites excluding steroid dienone is 4. The van der Waals surface area contributed by atoms with Crippen molar-refractivity contribution >= 4 is 75.2 Å². The molecule has 0 aliphatic carbocycles. The Hall–Kier alpha value is -2.15. The first kappa shape index (κ1) is 35.3. The SMILES string of the molecule is CC(=O)/C=C(/C)[O-].CC(=O)/C=C(/C)[O-].O=C([O-])C(=O)/C=C(\[O-])c1ccccc1.[Mg+2].[Mg+2]. The fourth-order valence-electron chi connectivity index (χ4n) is 1.44. The molecule has 0 aliphatic heterocycles. The summed E-state index contributed by atoms with van der Waals surface area (Å²) >= 11 is 0. The summed E-state index contributed by atoms with van der Waals surface area (Å²) in [5.41, 5.74) is 0.266. The normalized spacial score (nSPS) is 10.5. The second-order valence-electron chi connectivity index (χ2n) is 5.26. The molecule has 0 unspecified atom stereocenters. The van der Waals surface area contributed by atoms with E-state index in [9.17, 15) is 39.6 Å². The molecule has 0 aromatic heterocycles. The largest absolute Gasteiger partial charge is 2.00 e. The first-order valence-electron chi connectivity index (χ1n) is 7.78. The molecule has 10 heteroatoms. The molecule has 0 N–H and O–H groups in total. The summed E-state index contributed by atoms with van der Waals surface area (Å²) in [6, 6.07) is 7.91. The van der Waals surface area contributed by atoms with Gasteiger partial charge in [0, 0.05) is 0 Å². The van der Waals surface area contributed by atoms with E-state index < -0.39 is 17.5 Å². The molecule has 152 valence electrons. The molecule has 30 heavy (non-hydrogen) atoms. The summed E-state index contributed by atoms with van der Waals surface area (Å²) in [4.78, 5) is 40.6. The van der Waals surface area contributed by atoms with Crippen molar-refractivity contribution in [1.82, 2.24) is 0 Å². The van der Waals surface area contributed by atoms with Gasteiger partial charge in [-0.2, -0.15) is 0 Å². The van der Waals surface area contributed by atoms with Gasteiger partial charge in [-0.3, -0.25) is 14.4 Å². The summed E-state index contributed by atoms with van der Waals surface area (Å²) in [5.74, 6) is -4.59. The van der Waals surface area contributed by atoms with E-state index in [1.54, 1.807) is 18.2 Å². The Morgan fingerprint density at radius 3 is 1.27 bits per heavy atom. The molecule has 0 fully saturated rings. The van der Waals surface area contributed by atoms with Crippen LogP contribution in [0.4, 0.5) is 0 Å². The van der Waals surface area contributed by atoms with Crippen LogP contribution >= 0.6 is 0 Å². The minimum absolute atomic E-state index is 0. The molecule has 0 spiro atoms. The van der Waals surface area contributed by atoms with E-state index >= 15 is 0 Å². The number of hydrogen-bond acceptors (Lipinski definition) is 8. The monoisotopic (exact) mass is 436 g/mol. The summed E-state index contributed by atoms with van der Waals surface area (Å²) in [6.07, 6.45) is 2.62. The van der Waals surface area contributed by atoms with Crippen molar-refractivity contribution in [2.75, 3.05) is 0 Å². The molecule has 0 saturated heterocycles. The summed E-state index contributed by atoms with van der Waals surface area (Å²) in [7, 11) is 0. The molecule has 1 aromatic carbocycles. The standard InChI is InChI=1S/C10H8O4.2C5H8O2.2Mg/c11-8(6-9(12)10(13)14)7-4-2-1-3-5-7;2*1-4(6)3-5(2)7;;/h1-6,11H,(H,13,14);2*3,6H,1-2H3;;/q;;;2*+2/p-4/b8-6-;2*4-3-;;. The van der Waals surface area contributed by atoms with E-state index in [2.05, 4.69) is 0 Å². The molecular formula is C20H20Mg2O8. The van der Waals surface area contributed by atoms with Crippen molar-refractivity contribution in [3.05, 3.63) is 65.6 Å². The third-order valence-corrected chi connectivity index (χ3v) is 2.33. The molecule has 1 aromatic rings. The van der Waals surface area contributed by atoms with Crippen molar-refractivity contribution in [2.24, 2.45) is 0 Å². The third-order valence-electron chi connectivity index (χ3n) is 2.33. The minimum Gasteiger partial charge on any atom is -0.876 e. The Kier molecular flexibility index (Phi) is 23.7. The summed E-state index contributed by atoms with van der Waals surface area (Å²) < 4.78 is 0. The summed E-state index contributed by atoms with van der Waals surface area (Å²) in [6.45, 7) is 5.39. The van der Waals surface area contributed by atoms with Crippen molar-refractivity contribution in [3.8, 4) is 0 Å². The van der Waals surface area contributed by atoms with Crippen LogP contribution in [0.3, 0.4) is 0 Å². The fraction of sp³-hybridized carbons (Fsp3) is 0.200. The van der Waals surface area contributed by atoms with Gasteiger partial charge in [0.25, 0.3) is 0 Å². The molecule has 0 heterocycles. The van der Waals surface area contributed by atoms with Gasteiger partial charge in [0.1, 0.15) is 5.97 Å². The quantitative estimate of drug-likeness (QED) is 0.214. The Morgan fingerprint density at radius 1 is 0.667 bits per heavy atom. The number of hydrogen-bond donors (Lipinski definition) is 0. The van der Waals surface area contributed by atoms with E-state index in [1.165, 1.54) is 39.8 Å². The van der Waals surface area contributed by atoms with Crippen LogP contribution in [0.1, 0.15) is 33.3 Å². The summed E-state index contributed by atoms with van der Waals surface area (Å²) in [5, 5.41) is 41.2. The smallest absolute Gasteiger partial charge is 0.876 e. The zero-order valence-electron chi connectivity index (χ0n) is 17.3. The molecule has 8 nitrogen and oxygen atoms in total. The second kappa shape index (κ2) is 20.1. The average Bonchev–Trinajstić information content (AvgIpc) is 2.54. The van der Waals surface area contributed by atoms with E-state index in [4.69, 9.17) is 0 Å². The molecule has 0 saturated carbocycles. The number of carbonyl (C=O) groups is 4. The van der Waals surface area contributed by atoms with Gasteiger partial charge in [-0.15, -0.1) is 11.5 Å². The zero-order chi connectivity index (χ0) is 22.3. The predicted octanol–water partition coefficient (Wildman–Crippen LogP) is -2.38.